The van der Waals surface area contributed by atoms with E-state index in [0.29, 0.717) is 0 Å². The van der Waals surface area contributed by atoms with E-state index in [2.05, 4.69) is 50.4 Å². The van der Waals surface area contributed by atoms with Crippen molar-refractivity contribution in [2.75, 3.05) is 13.1 Å². The summed E-state index contributed by atoms with van der Waals surface area (Å²) in [6, 6.07) is 18.2. The highest BCUT2D eigenvalue weighted by Gasteiger charge is 2.21. The Kier molecular flexibility index (Phi) is 5.47. The minimum absolute atomic E-state index is 0.0380. The number of hydrogen-bond acceptors (Lipinski definition) is 2. The molecule has 2 aromatic carbocycles. The average Bonchev–Trinajstić information content (AvgIpc) is 2.57. The maximum absolute atomic E-state index is 12.2. The van der Waals surface area contributed by atoms with E-state index in [0.717, 1.165) is 42.5 Å². The summed E-state index contributed by atoms with van der Waals surface area (Å²) in [5.41, 5.74) is 2.07. The monoisotopic (exact) mass is 372 g/mol. The third-order valence-electron chi connectivity index (χ3n) is 4.25. The molecule has 3 rings (SSSR count). The molecule has 1 aliphatic heterocycles. The SMILES string of the molecule is O=C(NC1CCN(Cc2cccc(Br)c2)CC1)c1ccccc1. The lowest BCUT2D eigenvalue weighted by molar-refractivity contribution is 0.0909. The van der Waals surface area contributed by atoms with Gasteiger partial charge in [0, 0.05) is 35.7 Å². The molecule has 1 amide bonds. The Morgan fingerprint density at radius 2 is 1.83 bits per heavy atom. The van der Waals surface area contributed by atoms with E-state index in [4.69, 9.17) is 0 Å². The summed E-state index contributed by atoms with van der Waals surface area (Å²) < 4.78 is 1.13. The fourth-order valence-electron chi connectivity index (χ4n) is 2.99. The largest absolute Gasteiger partial charge is 0.349 e. The van der Waals surface area contributed by atoms with Gasteiger partial charge in [0.05, 0.1) is 0 Å². The first-order chi connectivity index (χ1) is 11.2. The van der Waals surface area contributed by atoms with E-state index in [9.17, 15) is 4.79 Å². The van der Waals surface area contributed by atoms with Gasteiger partial charge in [-0.25, -0.2) is 0 Å². The standard InChI is InChI=1S/C19H21BrN2O/c20-17-8-4-5-15(13-17)14-22-11-9-18(10-12-22)21-19(23)16-6-2-1-3-7-16/h1-8,13,18H,9-12,14H2,(H,21,23). The zero-order chi connectivity index (χ0) is 16.1. The normalized spacial score (nSPS) is 16.2. The second kappa shape index (κ2) is 7.75. The molecule has 4 heteroatoms. The summed E-state index contributed by atoms with van der Waals surface area (Å²) in [5.74, 6) is 0.0380. The van der Waals surface area contributed by atoms with Gasteiger partial charge in [-0.05, 0) is 42.7 Å². The molecular weight excluding hydrogens is 352 g/mol. The number of nitrogens with one attached hydrogen (secondary N) is 1. The van der Waals surface area contributed by atoms with Crippen LogP contribution in [0.1, 0.15) is 28.8 Å². The van der Waals surface area contributed by atoms with Gasteiger partial charge in [0.2, 0.25) is 0 Å². The number of amides is 1. The van der Waals surface area contributed by atoms with Crippen molar-refractivity contribution in [3.63, 3.8) is 0 Å². The maximum atomic E-state index is 12.2. The zero-order valence-corrected chi connectivity index (χ0v) is 14.6. The van der Waals surface area contributed by atoms with Crippen molar-refractivity contribution in [3.8, 4) is 0 Å². The summed E-state index contributed by atoms with van der Waals surface area (Å²) in [5, 5.41) is 3.16. The molecule has 3 nitrogen and oxygen atoms in total. The fourth-order valence-corrected chi connectivity index (χ4v) is 3.43. The van der Waals surface area contributed by atoms with Crippen LogP contribution < -0.4 is 5.32 Å². The van der Waals surface area contributed by atoms with Crippen LogP contribution in [0.5, 0.6) is 0 Å². The lowest BCUT2D eigenvalue weighted by Gasteiger charge is -2.32. The Hall–Kier alpha value is -1.65. The van der Waals surface area contributed by atoms with E-state index in [1.165, 1.54) is 5.56 Å². The van der Waals surface area contributed by atoms with Gasteiger partial charge in [-0.3, -0.25) is 9.69 Å². The molecule has 23 heavy (non-hydrogen) atoms. The van der Waals surface area contributed by atoms with Crippen molar-refractivity contribution < 1.29 is 4.79 Å². The first-order valence-corrected chi connectivity index (χ1v) is 8.83. The number of likely N-dealkylation sites (tertiary alicyclic amines) is 1. The van der Waals surface area contributed by atoms with Gasteiger partial charge < -0.3 is 5.32 Å². The number of piperidine rings is 1. The van der Waals surface area contributed by atoms with Crippen LogP contribution in [0.2, 0.25) is 0 Å². The molecule has 1 saturated heterocycles. The van der Waals surface area contributed by atoms with Crippen molar-refractivity contribution in [3.05, 3.63) is 70.2 Å². The molecule has 1 N–H and O–H groups in total. The summed E-state index contributed by atoms with van der Waals surface area (Å²) in [6.45, 7) is 3.01. The van der Waals surface area contributed by atoms with Gasteiger partial charge in [0.25, 0.3) is 5.91 Å². The highest BCUT2D eigenvalue weighted by atomic mass is 79.9. The number of carbonyl (C=O) groups excluding carboxylic acids is 1. The van der Waals surface area contributed by atoms with Crippen LogP contribution in [0.4, 0.5) is 0 Å². The van der Waals surface area contributed by atoms with Crippen molar-refractivity contribution >= 4 is 21.8 Å². The van der Waals surface area contributed by atoms with Crippen molar-refractivity contribution in [2.45, 2.75) is 25.4 Å². The highest BCUT2D eigenvalue weighted by Crippen LogP contribution is 2.17. The van der Waals surface area contributed by atoms with E-state index < -0.39 is 0 Å². The third-order valence-corrected chi connectivity index (χ3v) is 4.75. The van der Waals surface area contributed by atoms with Crippen molar-refractivity contribution in [2.24, 2.45) is 0 Å². The topological polar surface area (TPSA) is 32.3 Å². The maximum Gasteiger partial charge on any atom is 0.251 e. The Labute approximate surface area is 145 Å². The van der Waals surface area contributed by atoms with Gasteiger partial charge in [0.1, 0.15) is 0 Å². The van der Waals surface area contributed by atoms with Crippen LogP contribution in [-0.4, -0.2) is 29.9 Å². The highest BCUT2D eigenvalue weighted by molar-refractivity contribution is 9.10. The lowest BCUT2D eigenvalue weighted by Crippen LogP contribution is -2.44. The number of rotatable bonds is 4. The lowest BCUT2D eigenvalue weighted by atomic mass is 10.0. The van der Waals surface area contributed by atoms with Gasteiger partial charge in [-0.15, -0.1) is 0 Å². The predicted octanol–water partition coefficient (Wildman–Crippen LogP) is 3.84. The molecule has 1 aliphatic rings. The molecule has 1 heterocycles. The van der Waals surface area contributed by atoms with Gasteiger partial charge in [-0.2, -0.15) is 0 Å². The molecule has 0 aliphatic carbocycles. The van der Waals surface area contributed by atoms with E-state index in [-0.39, 0.29) is 11.9 Å². The van der Waals surface area contributed by atoms with Crippen LogP contribution >= 0.6 is 15.9 Å². The van der Waals surface area contributed by atoms with Crippen LogP contribution in [0.3, 0.4) is 0 Å². The van der Waals surface area contributed by atoms with Crippen LogP contribution in [0.25, 0.3) is 0 Å². The minimum atomic E-state index is 0.0380. The van der Waals surface area contributed by atoms with E-state index in [1.54, 1.807) is 0 Å². The number of benzene rings is 2. The molecule has 0 radical (unpaired) electrons. The molecule has 120 valence electrons. The van der Waals surface area contributed by atoms with Crippen LogP contribution in [-0.2, 0) is 6.54 Å². The predicted molar refractivity (Wildman–Crippen MR) is 96.3 cm³/mol. The summed E-state index contributed by atoms with van der Waals surface area (Å²) in [6.07, 6.45) is 2.01. The minimum Gasteiger partial charge on any atom is -0.349 e. The number of hydrogen-bond donors (Lipinski definition) is 1. The van der Waals surface area contributed by atoms with Crippen molar-refractivity contribution in [1.82, 2.24) is 10.2 Å². The molecule has 2 aromatic rings. The quantitative estimate of drug-likeness (QED) is 0.883. The Morgan fingerprint density at radius 1 is 1.09 bits per heavy atom. The fraction of sp³-hybridized carbons (Fsp3) is 0.316. The first kappa shape index (κ1) is 16.2. The van der Waals surface area contributed by atoms with Gasteiger partial charge >= 0.3 is 0 Å². The number of carbonyl (C=O) groups is 1. The molecule has 0 unspecified atom stereocenters. The molecule has 0 aromatic heterocycles. The summed E-state index contributed by atoms with van der Waals surface area (Å²) >= 11 is 3.52. The number of nitrogens with zero attached hydrogens (tertiary/aromatic N) is 1. The second-order valence-corrected chi connectivity index (χ2v) is 6.94. The molecule has 0 bridgehead atoms. The molecule has 1 fully saturated rings. The Bertz CT molecular complexity index is 651. The van der Waals surface area contributed by atoms with Gasteiger partial charge in [-0.1, -0.05) is 46.3 Å². The van der Waals surface area contributed by atoms with Crippen molar-refractivity contribution in [1.29, 1.82) is 0 Å². The van der Waals surface area contributed by atoms with E-state index in [1.807, 2.05) is 30.3 Å². The molecule has 0 spiro atoms. The van der Waals surface area contributed by atoms with Crippen LogP contribution in [0, 0.1) is 0 Å². The van der Waals surface area contributed by atoms with Crippen LogP contribution in [0.15, 0.2) is 59.1 Å². The summed E-state index contributed by atoms with van der Waals surface area (Å²) in [4.78, 5) is 14.6. The Morgan fingerprint density at radius 3 is 2.52 bits per heavy atom. The molecule has 0 atom stereocenters. The number of halogens is 1. The molecular formula is C19H21BrN2O. The smallest absolute Gasteiger partial charge is 0.251 e. The molecule has 0 saturated carbocycles. The van der Waals surface area contributed by atoms with Gasteiger partial charge in [0.15, 0.2) is 0 Å². The van der Waals surface area contributed by atoms with E-state index >= 15 is 0 Å². The zero-order valence-electron chi connectivity index (χ0n) is 13.0. The third kappa shape index (κ3) is 4.66. The second-order valence-electron chi connectivity index (χ2n) is 6.02. The summed E-state index contributed by atoms with van der Waals surface area (Å²) in [7, 11) is 0. The first-order valence-electron chi connectivity index (χ1n) is 8.03. The average molecular weight is 373 g/mol. The Balaban J connectivity index is 1.48.